The first-order chi connectivity index (χ1) is 12.0. The summed E-state index contributed by atoms with van der Waals surface area (Å²) < 4.78 is 10.9. The van der Waals surface area contributed by atoms with Crippen LogP contribution < -0.4 is 26.8 Å². The highest BCUT2D eigenvalue weighted by molar-refractivity contribution is 6.30. The SMILES string of the molecule is COc1cc2c(cc1OC)C(c1ccc(Cl)cc1)[NH+](CC(=O)O)CC2.[Cl-]. The predicted molar refractivity (Wildman–Crippen MR) is 94.9 cm³/mol. The molecule has 0 saturated heterocycles. The Bertz CT molecular complexity index is 780. The summed E-state index contributed by atoms with van der Waals surface area (Å²) >= 11 is 6.02. The topological polar surface area (TPSA) is 60.2 Å². The van der Waals surface area contributed by atoms with E-state index in [1.165, 1.54) is 0 Å². The zero-order valence-electron chi connectivity index (χ0n) is 14.6. The molecule has 2 N–H and O–H groups in total. The third-order valence-electron chi connectivity index (χ3n) is 4.66. The average Bonchev–Trinajstić information content (AvgIpc) is 2.61. The molecular formula is C19H21Cl2NO4. The molecule has 7 heteroatoms. The van der Waals surface area contributed by atoms with Crippen molar-refractivity contribution in [2.45, 2.75) is 12.5 Å². The molecule has 2 unspecified atom stereocenters. The normalized spacial score (nSPS) is 18.4. The molecule has 0 aromatic heterocycles. The maximum atomic E-state index is 11.3. The van der Waals surface area contributed by atoms with Crippen LogP contribution in [0, 0.1) is 0 Å². The third kappa shape index (κ3) is 4.06. The lowest BCUT2D eigenvalue weighted by atomic mass is 9.87. The quantitative estimate of drug-likeness (QED) is 0.677. The van der Waals surface area contributed by atoms with Crippen molar-refractivity contribution in [2.75, 3.05) is 27.3 Å². The fourth-order valence-electron chi connectivity index (χ4n) is 3.54. The number of nitrogens with one attached hydrogen (secondary N) is 1. The fourth-order valence-corrected chi connectivity index (χ4v) is 3.66. The van der Waals surface area contributed by atoms with E-state index in [2.05, 4.69) is 0 Å². The van der Waals surface area contributed by atoms with E-state index < -0.39 is 5.97 Å². The van der Waals surface area contributed by atoms with Crippen LogP contribution in [0.1, 0.15) is 22.7 Å². The Hall–Kier alpha value is -1.95. The highest BCUT2D eigenvalue weighted by atomic mass is 35.5. The van der Waals surface area contributed by atoms with Gasteiger partial charge in [0.15, 0.2) is 18.0 Å². The molecule has 3 rings (SSSR count). The van der Waals surface area contributed by atoms with Gasteiger partial charge >= 0.3 is 5.97 Å². The molecule has 1 aliphatic heterocycles. The molecule has 2 aromatic rings. The maximum absolute atomic E-state index is 11.3. The standard InChI is InChI=1S/C19H20ClNO4.ClH/c1-24-16-9-13-7-8-21(11-18(22)23)19(15(13)10-17(16)25-2)12-3-5-14(20)6-4-12;/h3-6,9-10,19H,7-8,11H2,1-2H3,(H,22,23);1H. The number of fused-ring (bicyclic) bond motifs is 1. The van der Waals surface area contributed by atoms with Crippen molar-refractivity contribution in [1.29, 1.82) is 0 Å². The van der Waals surface area contributed by atoms with E-state index in [1.54, 1.807) is 14.2 Å². The minimum Gasteiger partial charge on any atom is -1.00 e. The molecule has 0 bridgehead atoms. The highest BCUT2D eigenvalue weighted by Crippen LogP contribution is 2.36. The van der Waals surface area contributed by atoms with Crippen molar-refractivity contribution in [1.82, 2.24) is 0 Å². The molecule has 0 aliphatic carbocycles. The summed E-state index contributed by atoms with van der Waals surface area (Å²) in [5.41, 5.74) is 3.27. The smallest absolute Gasteiger partial charge is 0.359 e. The minimum atomic E-state index is -0.808. The number of hydrogen-bond acceptors (Lipinski definition) is 3. The van der Waals surface area contributed by atoms with E-state index in [0.29, 0.717) is 16.5 Å². The first-order valence-corrected chi connectivity index (χ1v) is 8.48. The number of halogens is 2. The molecule has 1 aliphatic rings. The van der Waals surface area contributed by atoms with Crippen LogP contribution >= 0.6 is 11.6 Å². The van der Waals surface area contributed by atoms with Crippen LogP contribution in [0.15, 0.2) is 36.4 Å². The third-order valence-corrected chi connectivity index (χ3v) is 4.91. The lowest BCUT2D eigenvalue weighted by Crippen LogP contribution is -3.14. The van der Waals surface area contributed by atoms with E-state index in [-0.39, 0.29) is 25.0 Å². The van der Waals surface area contributed by atoms with Crippen molar-refractivity contribution in [3.05, 3.63) is 58.1 Å². The van der Waals surface area contributed by atoms with Gasteiger partial charge in [-0.2, -0.15) is 0 Å². The van der Waals surface area contributed by atoms with Crippen LogP contribution in [0.25, 0.3) is 0 Å². The molecule has 2 aromatic carbocycles. The van der Waals surface area contributed by atoms with Crippen LogP contribution in [0.2, 0.25) is 5.02 Å². The molecule has 0 saturated carbocycles. The van der Waals surface area contributed by atoms with Crippen LogP contribution in [0.5, 0.6) is 11.5 Å². The predicted octanol–water partition coefficient (Wildman–Crippen LogP) is -1.02. The van der Waals surface area contributed by atoms with Gasteiger partial charge in [-0.05, 0) is 29.8 Å². The first-order valence-electron chi connectivity index (χ1n) is 8.10. The van der Waals surface area contributed by atoms with Crippen molar-refractivity contribution in [2.24, 2.45) is 0 Å². The van der Waals surface area contributed by atoms with Crippen LogP contribution in [0.4, 0.5) is 0 Å². The van der Waals surface area contributed by atoms with Gasteiger partial charge in [0.05, 0.1) is 20.8 Å². The zero-order chi connectivity index (χ0) is 18.0. The van der Waals surface area contributed by atoms with Crippen molar-refractivity contribution in [3.8, 4) is 11.5 Å². The molecule has 0 radical (unpaired) electrons. The van der Waals surface area contributed by atoms with Crippen molar-refractivity contribution >= 4 is 17.6 Å². The van der Waals surface area contributed by atoms with E-state index in [0.717, 1.165) is 34.6 Å². The van der Waals surface area contributed by atoms with E-state index in [4.69, 9.17) is 21.1 Å². The van der Waals surface area contributed by atoms with Crippen molar-refractivity contribution < 1.29 is 36.7 Å². The average molecular weight is 398 g/mol. The number of carboxylic acid groups (broad SMARTS) is 1. The summed E-state index contributed by atoms with van der Waals surface area (Å²) in [6, 6.07) is 11.5. The number of methoxy groups -OCH3 is 2. The number of aliphatic carboxylic acids is 1. The summed E-state index contributed by atoms with van der Waals surface area (Å²) in [5, 5.41) is 9.98. The summed E-state index contributed by atoms with van der Waals surface area (Å²) in [7, 11) is 3.22. The number of benzene rings is 2. The maximum Gasteiger partial charge on any atom is 0.359 e. The minimum absolute atomic E-state index is 0. The van der Waals surface area contributed by atoms with E-state index in [9.17, 15) is 9.90 Å². The van der Waals surface area contributed by atoms with Gasteiger partial charge in [0.25, 0.3) is 0 Å². The molecule has 5 nitrogen and oxygen atoms in total. The van der Waals surface area contributed by atoms with Crippen molar-refractivity contribution in [3.63, 3.8) is 0 Å². The molecule has 140 valence electrons. The van der Waals surface area contributed by atoms with Gasteiger partial charge in [0.2, 0.25) is 0 Å². The lowest BCUT2D eigenvalue weighted by molar-refractivity contribution is -0.920. The number of hydrogen-bond donors (Lipinski definition) is 2. The Morgan fingerprint density at radius 3 is 2.38 bits per heavy atom. The second-order valence-corrected chi connectivity index (χ2v) is 6.56. The van der Waals surface area contributed by atoms with Gasteiger partial charge in [-0.1, -0.05) is 23.7 Å². The number of ether oxygens (including phenoxy) is 2. The van der Waals surface area contributed by atoms with Gasteiger partial charge in [-0.25, -0.2) is 4.79 Å². The number of quaternary nitrogens is 1. The zero-order valence-corrected chi connectivity index (χ0v) is 16.1. The second kappa shape index (κ2) is 8.62. The molecule has 0 spiro atoms. The van der Waals surface area contributed by atoms with Gasteiger partial charge in [0.1, 0.15) is 6.04 Å². The Morgan fingerprint density at radius 1 is 1.19 bits per heavy atom. The van der Waals surface area contributed by atoms with Gasteiger partial charge in [0, 0.05) is 22.6 Å². The highest BCUT2D eigenvalue weighted by Gasteiger charge is 2.34. The summed E-state index contributed by atoms with van der Waals surface area (Å²) in [6.07, 6.45) is 0.794. The Kier molecular flexibility index (Phi) is 6.75. The molecule has 0 amide bonds. The summed E-state index contributed by atoms with van der Waals surface area (Å²) in [5.74, 6) is 0.535. The van der Waals surface area contributed by atoms with Crippen LogP contribution in [-0.4, -0.2) is 38.4 Å². The molecule has 1 heterocycles. The van der Waals surface area contributed by atoms with Crippen LogP contribution in [0.3, 0.4) is 0 Å². The number of carboxylic acids is 1. The largest absolute Gasteiger partial charge is 1.00 e. The Morgan fingerprint density at radius 2 is 1.81 bits per heavy atom. The molecule has 26 heavy (non-hydrogen) atoms. The second-order valence-electron chi connectivity index (χ2n) is 6.12. The molecule has 2 atom stereocenters. The molecule has 0 fully saturated rings. The molecular weight excluding hydrogens is 377 g/mol. The van der Waals surface area contributed by atoms with Gasteiger partial charge in [-0.3, -0.25) is 0 Å². The summed E-state index contributed by atoms with van der Waals surface area (Å²) in [4.78, 5) is 12.3. The first kappa shape index (κ1) is 20.4. The van der Waals surface area contributed by atoms with Gasteiger partial charge in [-0.15, -0.1) is 0 Å². The number of rotatable bonds is 5. The van der Waals surface area contributed by atoms with Crippen LogP contribution in [-0.2, 0) is 11.2 Å². The lowest BCUT2D eigenvalue weighted by Gasteiger charge is -2.34. The fraction of sp³-hybridized carbons (Fsp3) is 0.316. The van der Waals surface area contributed by atoms with E-state index >= 15 is 0 Å². The summed E-state index contributed by atoms with van der Waals surface area (Å²) in [6.45, 7) is 0.795. The van der Waals surface area contributed by atoms with E-state index in [1.807, 2.05) is 36.4 Å². The Labute approximate surface area is 163 Å². The van der Waals surface area contributed by atoms with Gasteiger partial charge < -0.3 is 31.9 Å². The Balaban J connectivity index is 0.00000243. The monoisotopic (exact) mass is 397 g/mol. The number of carbonyl (C=O) groups is 1.